The molecule has 0 bridgehead atoms. The number of aromatic nitrogens is 1. The number of benzene rings is 2. The van der Waals surface area contributed by atoms with Crippen LogP contribution in [-0.2, 0) is 9.53 Å². The summed E-state index contributed by atoms with van der Waals surface area (Å²) < 4.78 is 29.5. The van der Waals surface area contributed by atoms with E-state index in [1.165, 1.54) is 18.2 Å². The largest absolute Gasteiger partial charge is 0.490 e. The molecule has 8 heteroatoms. The lowest BCUT2D eigenvalue weighted by Gasteiger charge is -2.13. The molecule has 0 saturated carbocycles. The number of ether oxygens (including phenoxy) is 3. The van der Waals surface area contributed by atoms with Crippen LogP contribution < -0.4 is 14.8 Å². The molecule has 0 atom stereocenters. The Morgan fingerprint density at radius 2 is 1.74 bits per heavy atom. The molecule has 162 valence electrons. The van der Waals surface area contributed by atoms with Crippen molar-refractivity contribution >= 4 is 28.5 Å². The van der Waals surface area contributed by atoms with Crippen LogP contribution in [0.2, 0.25) is 0 Å². The van der Waals surface area contributed by atoms with Gasteiger partial charge >= 0.3 is 5.97 Å². The van der Waals surface area contributed by atoms with Gasteiger partial charge in [-0.2, -0.15) is 0 Å². The molecule has 0 saturated heterocycles. The smallest absolute Gasteiger partial charge is 0.340 e. The molecule has 0 aliphatic rings. The molecule has 1 aromatic heterocycles. The SMILES string of the molecule is CCOc1ccc(NC(=O)COC(=O)c2cc3ccc(F)cc3nc2C)cc1OCC. The summed E-state index contributed by atoms with van der Waals surface area (Å²) in [5.74, 6) is -0.518. The minimum atomic E-state index is -0.687. The van der Waals surface area contributed by atoms with Gasteiger partial charge in [0.15, 0.2) is 18.1 Å². The van der Waals surface area contributed by atoms with Crippen molar-refractivity contribution in [2.24, 2.45) is 0 Å². The zero-order valence-electron chi connectivity index (χ0n) is 17.5. The van der Waals surface area contributed by atoms with Gasteiger partial charge in [0.05, 0.1) is 30.0 Å². The number of esters is 1. The highest BCUT2D eigenvalue weighted by atomic mass is 19.1. The van der Waals surface area contributed by atoms with E-state index in [9.17, 15) is 14.0 Å². The van der Waals surface area contributed by atoms with Gasteiger partial charge in [0.2, 0.25) is 0 Å². The lowest BCUT2D eigenvalue weighted by molar-refractivity contribution is -0.119. The second-order valence-corrected chi connectivity index (χ2v) is 6.61. The van der Waals surface area contributed by atoms with E-state index in [1.807, 2.05) is 13.8 Å². The summed E-state index contributed by atoms with van der Waals surface area (Å²) in [6.07, 6.45) is 0. The van der Waals surface area contributed by atoms with Gasteiger partial charge in [-0.25, -0.2) is 9.18 Å². The molecule has 3 aromatic rings. The topological polar surface area (TPSA) is 86.8 Å². The van der Waals surface area contributed by atoms with Gasteiger partial charge in [0, 0.05) is 23.2 Å². The van der Waals surface area contributed by atoms with Gasteiger partial charge in [0.1, 0.15) is 5.82 Å². The van der Waals surface area contributed by atoms with Crippen LogP contribution in [0.3, 0.4) is 0 Å². The molecular weight excluding hydrogens is 403 g/mol. The fraction of sp³-hybridized carbons (Fsp3) is 0.261. The number of carbonyl (C=O) groups excluding carboxylic acids is 2. The van der Waals surface area contributed by atoms with Crippen LogP contribution in [0.15, 0.2) is 42.5 Å². The average Bonchev–Trinajstić information content (AvgIpc) is 2.73. The van der Waals surface area contributed by atoms with Crippen molar-refractivity contribution in [1.29, 1.82) is 0 Å². The van der Waals surface area contributed by atoms with Crippen LogP contribution in [0.4, 0.5) is 10.1 Å². The molecule has 1 N–H and O–H groups in total. The molecule has 0 fully saturated rings. The summed E-state index contributed by atoms with van der Waals surface area (Å²) in [4.78, 5) is 28.9. The number of rotatable bonds is 8. The van der Waals surface area contributed by atoms with E-state index in [1.54, 1.807) is 31.2 Å². The van der Waals surface area contributed by atoms with Gasteiger partial charge in [0.25, 0.3) is 5.91 Å². The Morgan fingerprint density at radius 3 is 2.48 bits per heavy atom. The van der Waals surface area contributed by atoms with E-state index in [4.69, 9.17) is 14.2 Å². The van der Waals surface area contributed by atoms with E-state index in [-0.39, 0.29) is 5.56 Å². The number of fused-ring (bicyclic) bond motifs is 1. The number of aryl methyl sites for hydroxylation is 1. The molecule has 31 heavy (non-hydrogen) atoms. The minimum Gasteiger partial charge on any atom is -0.490 e. The Kier molecular flexibility index (Phi) is 7.02. The summed E-state index contributed by atoms with van der Waals surface area (Å²) in [5, 5.41) is 3.26. The van der Waals surface area contributed by atoms with E-state index in [0.717, 1.165) is 0 Å². The third-order valence-corrected chi connectivity index (χ3v) is 4.35. The Morgan fingerprint density at radius 1 is 1.00 bits per heavy atom. The Bertz CT molecular complexity index is 1120. The standard InChI is InChI=1S/C23H23FN2O5/c1-4-29-20-9-8-17(12-21(20)30-5-2)26-22(27)13-31-23(28)18-10-15-6-7-16(24)11-19(15)25-14(18)3/h6-12H,4-5,13H2,1-3H3,(H,26,27). The predicted molar refractivity (Wildman–Crippen MR) is 114 cm³/mol. The normalized spacial score (nSPS) is 10.6. The maximum absolute atomic E-state index is 13.4. The average molecular weight is 426 g/mol. The van der Waals surface area contributed by atoms with Crippen molar-refractivity contribution in [3.05, 3.63) is 59.5 Å². The first-order chi connectivity index (χ1) is 14.9. The third-order valence-electron chi connectivity index (χ3n) is 4.35. The number of carbonyl (C=O) groups is 2. The molecule has 1 amide bonds. The van der Waals surface area contributed by atoms with Crippen molar-refractivity contribution in [3.8, 4) is 11.5 Å². The molecule has 3 rings (SSSR count). The first kappa shape index (κ1) is 22.0. The quantitative estimate of drug-likeness (QED) is 0.541. The number of hydrogen-bond acceptors (Lipinski definition) is 6. The van der Waals surface area contributed by atoms with Gasteiger partial charge in [-0.3, -0.25) is 9.78 Å². The van der Waals surface area contributed by atoms with Crippen LogP contribution in [0, 0.1) is 12.7 Å². The molecular formula is C23H23FN2O5. The lowest BCUT2D eigenvalue weighted by atomic mass is 10.1. The molecule has 0 radical (unpaired) electrons. The zero-order valence-corrected chi connectivity index (χ0v) is 17.5. The van der Waals surface area contributed by atoms with Gasteiger partial charge in [-0.1, -0.05) is 0 Å². The highest BCUT2D eigenvalue weighted by molar-refractivity contribution is 5.98. The Balaban J connectivity index is 1.65. The molecule has 0 spiro atoms. The summed E-state index contributed by atoms with van der Waals surface area (Å²) in [6, 6.07) is 10.7. The zero-order chi connectivity index (χ0) is 22.4. The monoisotopic (exact) mass is 426 g/mol. The van der Waals surface area contributed by atoms with Crippen molar-refractivity contribution in [2.45, 2.75) is 20.8 Å². The number of halogens is 1. The fourth-order valence-electron chi connectivity index (χ4n) is 2.98. The maximum Gasteiger partial charge on any atom is 0.340 e. The van der Waals surface area contributed by atoms with E-state index < -0.39 is 24.3 Å². The Labute approximate surface area is 179 Å². The maximum atomic E-state index is 13.4. The Hall–Kier alpha value is -3.68. The number of pyridine rings is 1. The van der Waals surface area contributed by atoms with Crippen LogP contribution in [-0.4, -0.2) is 36.7 Å². The molecule has 0 aliphatic carbocycles. The van der Waals surface area contributed by atoms with Crippen LogP contribution >= 0.6 is 0 Å². The molecule has 7 nitrogen and oxygen atoms in total. The highest BCUT2D eigenvalue weighted by Gasteiger charge is 2.16. The van der Waals surface area contributed by atoms with Crippen LogP contribution in [0.25, 0.3) is 10.9 Å². The first-order valence-electron chi connectivity index (χ1n) is 9.84. The van der Waals surface area contributed by atoms with E-state index in [2.05, 4.69) is 10.3 Å². The molecule has 0 unspecified atom stereocenters. The molecule has 0 aliphatic heterocycles. The van der Waals surface area contributed by atoms with Crippen LogP contribution in [0.1, 0.15) is 29.9 Å². The second-order valence-electron chi connectivity index (χ2n) is 6.61. The predicted octanol–water partition coefficient (Wildman–Crippen LogP) is 4.28. The van der Waals surface area contributed by atoms with Crippen molar-refractivity contribution < 1.29 is 28.2 Å². The van der Waals surface area contributed by atoms with Crippen molar-refractivity contribution in [1.82, 2.24) is 4.98 Å². The van der Waals surface area contributed by atoms with Gasteiger partial charge < -0.3 is 19.5 Å². The van der Waals surface area contributed by atoms with Gasteiger partial charge in [-0.05, 0) is 51.1 Å². The van der Waals surface area contributed by atoms with Crippen molar-refractivity contribution in [2.75, 3.05) is 25.1 Å². The number of nitrogens with zero attached hydrogens (tertiary/aromatic N) is 1. The lowest BCUT2D eigenvalue weighted by Crippen LogP contribution is -2.21. The third kappa shape index (κ3) is 5.48. The number of nitrogens with one attached hydrogen (secondary N) is 1. The number of amides is 1. The summed E-state index contributed by atoms with van der Waals surface area (Å²) >= 11 is 0. The van der Waals surface area contributed by atoms with E-state index in [0.29, 0.717) is 47.0 Å². The summed E-state index contributed by atoms with van der Waals surface area (Å²) in [7, 11) is 0. The minimum absolute atomic E-state index is 0.214. The highest BCUT2D eigenvalue weighted by Crippen LogP contribution is 2.30. The van der Waals surface area contributed by atoms with E-state index >= 15 is 0 Å². The van der Waals surface area contributed by atoms with Gasteiger partial charge in [-0.15, -0.1) is 0 Å². The molecule has 1 heterocycles. The first-order valence-corrected chi connectivity index (χ1v) is 9.84. The summed E-state index contributed by atoms with van der Waals surface area (Å²) in [6.45, 7) is 5.79. The summed E-state index contributed by atoms with van der Waals surface area (Å²) in [5.41, 5.74) is 1.52. The number of anilines is 1. The molecule has 2 aromatic carbocycles. The fourth-order valence-corrected chi connectivity index (χ4v) is 2.98. The second kappa shape index (κ2) is 9.88. The number of hydrogen-bond donors (Lipinski definition) is 1. The van der Waals surface area contributed by atoms with Crippen molar-refractivity contribution in [3.63, 3.8) is 0 Å². The van der Waals surface area contributed by atoms with Crippen LogP contribution in [0.5, 0.6) is 11.5 Å².